The van der Waals surface area contributed by atoms with Gasteiger partial charge in [0.15, 0.2) is 0 Å². The molecule has 0 fully saturated rings. The molecule has 60 valence electrons. The first-order valence-corrected chi connectivity index (χ1v) is 3.90. The summed E-state index contributed by atoms with van der Waals surface area (Å²) >= 11 is 0. The fourth-order valence-corrected chi connectivity index (χ4v) is 1.09. The van der Waals surface area contributed by atoms with Gasteiger partial charge in [0.2, 0.25) is 0 Å². The molecule has 0 radical (unpaired) electrons. The van der Waals surface area contributed by atoms with Gasteiger partial charge in [-0.1, -0.05) is 33.1 Å². The minimum absolute atomic E-state index is 0. The Labute approximate surface area is 111 Å². The smallest absolute Gasteiger partial charge is 0.550 e. The van der Waals surface area contributed by atoms with Crippen LogP contribution in [0, 0.1) is 5.92 Å². The van der Waals surface area contributed by atoms with Crippen molar-refractivity contribution in [2.24, 2.45) is 5.92 Å². The second-order valence-corrected chi connectivity index (χ2v) is 2.64. The molecular weight excluding hydrogens is 167 g/mol. The van der Waals surface area contributed by atoms with Crippen molar-refractivity contribution in [3.8, 4) is 0 Å². The fraction of sp³-hybridized carbons (Fsp3) is 0.875. The van der Waals surface area contributed by atoms with Gasteiger partial charge in [-0.25, -0.2) is 0 Å². The van der Waals surface area contributed by atoms with Gasteiger partial charge in [-0.3, -0.25) is 0 Å². The van der Waals surface area contributed by atoms with Crippen LogP contribution in [-0.2, 0) is 4.79 Å². The SMILES string of the molecule is CCCC(CC)CC(=O)[O-].[K+]. The molecule has 1 unspecified atom stereocenters. The predicted octanol–water partition coefficient (Wildman–Crippen LogP) is -2.04. The largest absolute Gasteiger partial charge is 1.00 e. The molecule has 0 aliphatic rings. The molecule has 0 aromatic rings. The Morgan fingerprint density at radius 1 is 1.45 bits per heavy atom. The average Bonchev–Trinajstić information content (AvgIpc) is 1.86. The number of aliphatic carboxylic acids is 1. The molecule has 0 aliphatic heterocycles. The summed E-state index contributed by atoms with van der Waals surface area (Å²) in [6.45, 7) is 4.08. The molecule has 0 saturated heterocycles. The third-order valence-corrected chi connectivity index (χ3v) is 1.73. The first-order valence-electron chi connectivity index (χ1n) is 3.90. The van der Waals surface area contributed by atoms with Crippen molar-refractivity contribution in [1.29, 1.82) is 0 Å². The zero-order chi connectivity index (χ0) is 7.98. The Morgan fingerprint density at radius 3 is 2.27 bits per heavy atom. The summed E-state index contributed by atoms with van der Waals surface area (Å²) < 4.78 is 0. The molecule has 0 aliphatic carbocycles. The molecule has 0 aromatic heterocycles. The van der Waals surface area contributed by atoms with E-state index >= 15 is 0 Å². The number of carbonyl (C=O) groups is 1. The van der Waals surface area contributed by atoms with Gasteiger partial charge in [0.1, 0.15) is 0 Å². The fourth-order valence-electron chi connectivity index (χ4n) is 1.09. The molecule has 0 amide bonds. The molecule has 1 atom stereocenters. The maximum atomic E-state index is 10.1. The molecular formula is C8H15KO2. The van der Waals surface area contributed by atoms with Gasteiger partial charge in [0.25, 0.3) is 0 Å². The first kappa shape index (κ1) is 14.6. The standard InChI is InChI=1S/C8H16O2.K/c1-3-5-7(4-2)6-8(9)10;/h7H,3-6H2,1-2H3,(H,9,10);/q;+1/p-1. The molecule has 0 bridgehead atoms. The summed E-state index contributed by atoms with van der Waals surface area (Å²) in [5.41, 5.74) is 0. The number of hydrogen-bond acceptors (Lipinski definition) is 2. The van der Waals surface area contributed by atoms with Crippen molar-refractivity contribution in [3.05, 3.63) is 0 Å². The van der Waals surface area contributed by atoms with Gasteiger partial charge in [0, 0.05) is 5.97 Å². The normalized spacial score (nSPS) is 11.8. The van der Waals surface area contributed by atoms with Crippen molar-refractivity contribution in [2.45, 2.75) is 39.5 Å². The van der Waals surface area contributed by atoms with Crippen LogP contribution in [0.2, 0.25) is 0 Å². The Hall–Kier alpha value is 1.11. The summed E-state index contributed by atoms with van der Waals surface area (Å²) in [5.74, 6) is -0.588. The molecule has 0 N–H and O–H groups in total. The van der Waals surface area contributed by atoms with E-state index in [1.807, 2.05) is 6.92 Å². The van der Waals surface area contributed by atoms with E-state index in [1.54, 1.807) is 0 Å². The summed E-state index contributed by atoms with van der Waals surface area (Å²) in [5, 5.41) is 10.1. The molecule has 0 aromatic carbocycles. The molecule has 3 heteroatoms. The van der Waals surface area contributed by atoms with Crippen molar-refractivity contribution in [3.63, 3.8) is 0 Å². The number of carbonyl (C=O) groups excluding carboxylic acids is 1. The molecule has 0 spiro atoms. The van der Waals surface area contributed by atoms with E-state index in [0.717, 1.165) is 19.3 Å². The van der Waals surface area contributed by atoms with E-state index < -0.39 is 5.97 Å². The Morgan fingerprint density at radius 2 is 2.00 bits per heavy atom. The summed E-state index contributed by atoms with van der Waals surface area (Å²) in [6.07, 6.45) is 3.24. The maximum Gasteiger partial charge on any atom is 1.00 e. The molecule has 0 saturated carbocycles. The monoisotopic (exact) mass is 182 g/mol. The van der Waals surface area contributed by atoms with E-state index in [0.29, 0.717) is 5.92 Å². The summed E-state index contributed by atoms with van der Waals surface area (Å²) in [4.78, 5) is 10.1. The Kier molecular flexibility index (Phi) is 12.2. The quantitative estimate of drug-likeness (QED) is 0.460. The van der Waals surface area contributed by atoms with E-state index in [2.05, 4.69) is 6.92 Å². The van der Waals surface area contributed by atoms with Gasteiger partial charge in [-0.05, 0) is 12.3 Å². The second kappa shape index (κ2) is 9.20. The van der Waals surface area contributed by atoms with Crippen LogP contribution in [0.1, 0.15) is 39.5 Å². The Balaban J connectivity index is 0. The molecule has 0 rings (SSSR count). The Bertz CT molecular complexity index is 104. The van der Waals surface area contributed by atoms with Gasteiger partial charge in [-0.15, -0.1) is 0 Å². The van der Waals surface area contributed by atoms with E-state index in [-0.39, 0.29) is 57.8 Å². The summed E-state index contributed by atoms with van der Waals surface area (Å²) in [7, 11) is 0. The van der Waals surface area contributed by atoms with Gasteiger partial charge in [-0.2, -0.15) is 0 Å². The van der Waals surface area contributed by atoms with Crippen molar-refractivity contribution < 1.29 is 61.3 Å². The van der Waals surface area contributed by atoms with Crippen LogP contribution in [0.3, 0.4) is 0 Å². The molecule has 11 heavy (non-hydrogen) atoms. The van der Waals surface area contributed by atoms with Crippen molar-refractivity contribution in [2.75, 3.05) is 0 Å². The maximum absolute atomic E-state index is 10.1. The third kappa shape index (κ3) is 9.02. The van der Waals surface area contributed by atoms with Crippen LogP contribution < -0.4 is 56.5 Å². The minimum atomic E-state index is -0.916. The third-order valence-electron chi connectivity index (χ3n) is 1.73. The van der Waals surface area contributed by atoms with Crippen LogP contribution >= 0.6 is 0 Å². The van der Waals surface area contributed by atoms with Gasteiger partial charge in [0.05, 0.1) is 0 Å². The van der Waals surface area contributed by atoms with Gasteiger partial charge < -0.3 is 9.90 Å². The van der Waals surface area contributed by atoms with E-state index in [9.17, 15) is 9.90 Å². The zero-order valence-electron chi connectivity index (χ0n) is 7.72. The zero-order valence-corrected chi connectivity index (χ0v) is 10.8. The predicted molar refractivity (Wildman–Crippen MR) is 38.3 cm³/mol. The van der Waals surface area contributed by atoms with Crippen molar-refractivity contribution >= 4 is 5.97 Å². The number of carboxylic acid groups (broad SMARTS) is 1. The van der Waals surface area contributed by atoms with Gasteiger partial charge >= 0.3 is 51.4 Å². The second-order valence-electron chi connectivity index (χ2n) is 2.64. The summed E-state index contributed by atoms with van der Waals surface area (Å²) in [6, 6.07) is 0. The average molecular weight is 182 g/mol. The minimum Gasteiger partial charge on any atom is -0.550 e. The van der Waals surface area contributed by atoms with Crippen LogP contribution in [0.4, 0.5) is 0 Å². The van der Waals surface area contributed by atoms with Crippen LogP contribution in [0.15, 0.2) is 0 Å². The number of rotatable bonds is 5. The van der Waals surface area contributed by atoms with E-state index in [1.165, 1.54) is 0 Å². The number of hydrogen-bond donors (Lipinski definition) is 0. The van der Waals surface area contributed by atoms with Crippen LogP contribution in [0.5, 0.6) is 0 Å². The van der Waals surface area contributed by atoms with Crippen LogP contribution in [0.25, 0.3) is 0 Å². The topological polar surface area (TPSA) is 40.1 Å². The van der Waals surface area contributed by atoms with Crippen LogP contribution in [-0.4, -0.2) is 5.97 Å². The molecule has 0 heterocycles. The van der Waals surface area contributed by atoms with E-state index in [4.69, 9.17) is 0 Å². The number of carboxylic acids is 1. The van der Waals surface area contributed by atoms with Crippen molar-refractivity contribution in [1.82, 2.24) is 0 Å². The molecule has 2 nitrogen and oxygen atoms in total. The first-order chi connectivity index (χ1) is 4.70.